The molecule has 2 amide bonds. The number of amides is 2. The summed E-state index contributed by atoms with van der Waals surface area (Å²) in [5.74, 6) is 0.0891. The van der Waals surface area contributed by atoms with Gasteiger partial charge in [-0.3, -0.25) is 9.59 Å². The minimum absolute atomic E-state index is 0.00757. The smallest absolute Gasteiger partial charge is 0.345 e. The maximum absolute atomic E-state index is 12.9. The number of hydrogen-bond acceptors (Lipinski definition) is 5. The Morgan fingerprint density at radius 2 is 1.88 bits per heavy atom. The van der Waals surface area contributed by atoms with Crippen LogP contribution in [0.25, 0.3) is 22.5 Å². The van der Waals surface area contributed by atoms with Crippen molar-refractivity contribution in [3.63, 3.8) is 0 Å². The van der Waals surface area contributed by atoms with Gasteiger partial charge in [0, 0.05) is 36.7 Å². The Kier molecular flexibility index (Phi) is 6.26. The summed E-state index contributed by atoms with van der Waals surface area (Å²) in [5, 5.41) is 12.7. The zero-order valence-corrected chi connectivity index (χ0v) is 18.6. The predicted molar refractivity (Wildman–Crippen MR) is 125 cm³/mol. The summed E-state index contributed by atoms with van der Waals surface area (Å²) in [6.07, 6.45) is 1.17. The molecule has 170 valence electrons. The van der Waals surface area contributed by atoms with E-state index in [0.717, 1.165) is 17.5 Å². The Hall–Kier alpha value is -3.94. The minimum atomic E-state index is -0.481. The number of aromatic nitrogens is 2. The first-order chi connectivity index (χ1) is 15.8. The van der Waals surface area contributed by atoms with Crippen molar-refractivity contribution in [3.05, 3.63) is 70.1 Å². The highest BCUT2D eigenvalue weighted by Gasteiger charge is 2.27. The number of carbonyl (C=O) groups is 2. The van der Waals surface area contributed by atoms with E-state index in [4.69, 9.17) is 0 Å². The molecule has 1 aromatic heterocycles. The summed E-state index contributed by atoms with van der Waals surface area (Å²) in [6.45, 7) is 4.68. The van der Waals surface area contributed by atoms with Crippen molar-refractivity contribution in [3.8, 4) is 28.3 Å². The van der Waals surface area contributed by atoms with Gasteiger partial charge in [-0.25, -0.2) is 4.79 Å². The summed E-state index contributed by atoms with van der Waals surface area (Å²) in [5.41, 5.74) is 3.31. The quantitative estimate of drug-likeness (QED) is 0.557. The van der Waals surface area contributed by atoms with Crippen molar-refractivity contribution in [1.29, 1.82) is 0 Å². The molecule has 1 aliphatic rings. The van der Waals surface area contributed by atoms with Crippen LogP contribution in [0.2, 0.25) is 0 Å². The number of rotatable bonds is 5. The van der Waals surface area contributed by atoms with E-state index >= 15 is 0 Å². The summed E-state index contributed by atoms with van der Waals surface area (Å²) >= 11 is 0. The van der Waals surface area contributed by atoms with Gasteiger partial charge in [-0.2, -0.15) is 4.98 Å². The standard InChI is InChI=1S/C25H26N4O4/c1-3-23(31)26-19-10-11-29(14-19)24(32)17-6-4-16(5-7-17)20-13-21(28-25(33)27-20)18-8-9-22(30)15(2)12-18/h4-9,12-13,19,30H,3,10-11,14H2,1-2H3,(H,26,31)(H,27,28,33). The molecule has 8 nitrogen and oxygen atoms in total. The number of nitrogens with zero attached hydrogens (tertiary/aromatic N) is 2. The second-order valence-electron chi connectivity index (χ2n) is 8.22. The lowest BCUT2D eigenvalue weighted by Gasteiger charge is -2.17. The molecule has 1 aliphatic heterocycles. The van der Waals surface area contributed by atoms with E-state index in [2.05, 4.69) is 15.3 Å². The number of aromatic hydroxyl groups is 1. The van der Waals surface area contributed by atoms with E-state index in [-0.39, 0.29) is 23.6 Å². The molecule has 0 aliphatic carbocycles. The number of aromatic amines is 1. The molecular formula is C25H26N4O4. The molecule has 0 spiro atoms. The van der Waals surface area contributed by atoms with Crippen LogP contribution in [-0.2, 0) is 4.79 Å². The van der Waals surface area contributed by atoms with Gasteiger partial charge in [-0.15, -0.1) is 0 Å². The second-order valence-corrected chi connectivity index (χ2v) is 8.22. The lowest BCUT2D eigenvalue weighted by Crippen LogP contribution is -2.38. The molecule has 0 bridgehead atoms. The van der Waals surface area contributed by atoms with E-state index in [1.54, 1.807) is 67.3 Å². The molecule has 3 N–H and O–H groups in total. The molecule has 1 saturated heterocycles. The lowest BCUT2D eigenvalue weighted by molar-refractivity contribution is -0.121. The van der Waals surface area contributed by atoms with Crippen LogP contribution >= 0.6 is 0 Å². The number of H-pyrrole nitrogens is 1. The monoisotopic (exact) mass is 446 g/mol. The van der Waals surface area contributed by atoms with E-state index in [0.29, 0.717) is 42.0 Å². The zero-order chi connectivity index (χ0) is 23.5. The molecule has 1 fully saturated rings. The van der Waals surface area contributed by atoms with Gasteiger partial charge in [-0.1, -0.05) is 19.1 Å². The van der Waals surface area contributed by atoms with Crippen LogP contribution in [-0.4, -0.2) is 50.9 Å². The van der Waals surface area contributed by atoms with Gasteiger partial charge in [0.25, 0.3) is 5.91 Å². The van der Waals surface area contributed by atoms with Gasteiger partial charge in [0.2, 0.25) is 5.91 Å². The highest BCUT2D eigenvalue weighted by Crippen LogP contribution is 2.26. The minimum Gasteiger partial charge on any atom is -0.508 e. The Morgan fingerprint density at radius 1 is 1.15 bits per heavy atom. The van der Waals surface area contributed by atoms with Crippen LogP contribution in [0.4, 0.5) is 0 Å². The highest BCUT2D eigenvalue weighted by molar-refractivity contribution is 5.95. The molecular weight excluding hydrogens is 420 g/mol. The topological polar surface area (TPSA) is 115 Å². The Balaban J connectivity index is 1.52. The van der Waals surface area contributed by atoms with Gasteiger partial charge in [0.05, 0.1) is 11.4 Å². The van der Waals surface area contributed by atoms with Crippen molar-refractivity contribution in [2.75, 3.05) is 13.1 Å². The summed E-state index contributed by atoms with van der Waals surface area (Å²) < 4.78 is 0. The largest absolute Gasteiger partial charge is 0.508 e. The van der Waals surface area contributed by atoms with Crippen molar-refractivity contribution in [1.82, 2.24) is 20.2 Å². The highest BCUT2D eigenvalue weighted by atomic mass is 16.3. The normalized spacial score (nSPS) is 15.5. The molecule has 0 radical (unpaired) electrons. The van der Waals surface area contributed by atoms with E-state index in [9.17, 15) is 19.5 Å². The van der Waals surface area contributed by atoms with Crippen LogP contribution < -0.4 is 11.0 Å². The molecule has 0 saturated carbocycles. The zero-order valence-electron chi connectivity index (χ0n) is 18.6. The first kappa shape index (κ1) is 22.3. The molecule has 3 aromatic rings. The fourth-order valence-corrected chi connectivity index (χ4v) is 3.94. The molecule has 8 heteroatoms. The number of phenols is 1. The summed E-state index contributed by atoms with van der Waals surface area (Å²) in [6, 6.07) is 13.9. The Morgan fingerprint density at radius 3 is 2.58 bits per heavy atom. The number of aryl methyl sites for hydroxylation is 1. The van der Waals surface area contributed by atoms with Gasteiger partial charge in [0.15, 0.2) is 0 Å². The van der Waals surface area contributed by atoms with Crippen LogP contribution in [0.15, 0.2) is 53.3 Å². The third-order valence-corrected chi connectivity index (χ3v) is 5.84. The van der Waals surface area contributed by atoms with E-state index < -0.39 is 5.69 Å². The number of carbonyl (C=O) groups excluding carboxylic acids is 2. The first-order valence-electron chi connectivity index (χ1n) is 10.9. The average Bonchev–Trinajstić information content (AvgIpc) is 3.28. The van der Waals surface area contributed by atoms with Crippen molar-refractivity contribution in [2.24, 2.45) is 0 Å². The molecule has 2 heterocycles. The predicted octanol–water partition coefficient (Wildman–Crippen LogP) is 2.86. The van der Waals surface area contributed by atoms with E-state index in [1.807, 2.05) is 0 Å². The number of benzene rings is 2. The van der Waals surface area contributed by atoms with Gasteiger partial charge < -0.3 is 20.3 Å². The van der Waals surface area contributed by atoms with Crippen molar-refractivity contribution in [2.45, 2.75) is 32.7 Å². The van der Waals surface area contributed by atoms with E-state index in [1.165, 1.54) is 0 Å². The Bertz CT molecular complexity index is 1250. The lowest BCUT2D eigenvalue weighted by atomic mass is 10.0. The van der Waals surface area contributed by atoms with Crippen molar-refractivity contribution < 1.29 is 14.7 Å². The number of likely N-dealkylation sites (tertiary alicyclic amines) is 1. The third-order valence-electron chi connectivity index (χ3n) is 5.84. The number of nitrogens with one attached hydrogen (secondary N) is 2. The molecule has 2 aromatic carbocycles. The first-order valence-corrected chi connectivity index (χ1v) is 10.9. The molecule has 4 rings (SSSR count). The molecule has 1 unspecified atom stereocenters. The van der Waals surface area contributed by atoms with Crippen LogP contribution in [0.5, 0.6) is 5.75 Å². The fraction of sp³-hybridized carbons (Fsp3) is 0.280. The number of hydrogen-bond donors (Lipinski definition) is 3. The Labute approximate surface area is 191 Å². The van der Waals surface area contributed by atoms with Crippen LogP contribution in [0.1, 0.15) is 35.7 Å². The average molecular weight is 447 g/mol. The number of phenolic OH excluding ortho intramolecular Hbond substituents is 1. The van der Waals surface area contributed by atoms with Crippen LogP contribution in [0.3, 0.4) is 0 Å². The fourth-order valence-electron chi connectivity index (χ4n) is 3.94. The summed E-state index contributed by atoms with van der Waals surface area (Å²) in [4.78, 5) is 45.2. The van der Waals surface area contributed by atoms with Gasteiger partial charge in [-0.05, 0) is 60.9 Å². The maximum Gasteiger partial charge on any atom is 0.345 e. The second kappa shape index (κ2) is 9.28. The van der Waals surface area contributed by atoms with Gasteiger partial charge >= 0.3 is 5.69 Å². The van der Waals surface area contributed by atoms with Crippen LogP contribution in [0, 0.1) is 6.92 Å². The van der Waals surface area contributed by atoms with Gasteiger partial charge in [0.1, 0.15) is 5.75 Å². The van der Waals surface area contributed by atoms with Crippen molar-refractivity contribution >= 4 is 11.8 Å². The summed E-state index contributed by atoms with van der Waals surface area (Å²) in [7, 11) is 0. The SMILES string of the molecule is CCC(=O)NC1CCN(C(=O)c2ccc(-c3cc(-c4ccc(O)c(C)c4)nc(=O)[nH]3)cc2)C1. The maximum atomic E-state index is 12.9. The molecule has 1 atom stereocenters. The molecule has 33 heavy (non-hydrogen) atoms. The third kappa shape index (κ3) is 4.95.